The largest absolute Gasteiger partial charge is 0.393 e. The van der Waals surface area contributed by atoms with E-state index < -0.39 is 0 Å². The van der Waals surface area contributed by atoms with E-state index in [4.69, 9.17) is 4.74 Å². The van der Waals surface area contributed by atoms with Crippen molar-refractivity contribution in [1.29, 1.82) is 0 Å². The van der Waals surface area contributed by atoms with E-state index in [1.807, 2.05) is 0 Å². The highest BCUT2D eigenvalue weighted by molar-refractivity contribution is 5.90. The number of carbonyl (C=O) groups excluding carboxylic acids is 1. The first kappa shape index (κ1) is 15.6. The quantitative estimate of drug-likeness (QED) is 0.681. The number of hydrogen-bond acceptors (Lipinski definition) is 3. The molecule has 1 aliphatic heterocycles. The zero-order chi connectivity index (χ0) is 17.0. The molecule has 6 aliphatic rings. The third-order valence-corrected chi connectivity index (χ3v) is 10.1. The van der Waals surface area contributed by atoms with Gasteiger partial charge in [0, 0.05) is 5.92 Å². The number of epoxide rings is 1. The molecule has 1 saturated heterocycles. The lowest BCUT2D eigenvalue weighted by molar-refractivity contribution is -0.146. The zero-order valence-electron chi connectivity index (χ0n) is 15.5. The lowest BCUT2D eigenvalue weighted by Gasteiger charge is -2.61. The number of aliphatic hydroxyl groups is 1. The smallest absolute Gasteiger partial charge is 0.167 e. The molecule has 0 aromatic rings. The van der Waals surface area contributed by atoms with Crippen LogP contribution in [0.4, 0.5) is 0 Å². The Kier molecular flexibility index (Phi) is 3.06. The Morgan fingerprint density at radius 1 is 1.04 bits per heavy atom. The van der Waals surface area contributed by atoms with Gasteiger partial charge in [0.1, 0.15) is 6.10 Å². The van der Waals surface area contributed by atoms with Crippen molar-refractivity contribution in [2.75, 3.05) is 0 Å². The molecule has 5 saturated carbocycles. The highest BCUT2D eigenvalue weighted by Gasteiger charge is 2.69. The molecule has 0 aromatic heterocycles. The Balaban J connectivity index is 1.33. The van der Waals surface area contributed by atoms with E-state index in [0.717, 1.165) is 42.9 Å². The minimum absolute atomic E-state index is 0.0137. The summed E-state index contributed by atoms with van der Waals surface area (Å²) in [4.78, 5) is 12.8. The first-order chi connectivity index (χ1) is 12.0. The van der Waals surface area contributed by atoms with Crippen LogP contribution in [0.3, 0.4) is 0 Å². The minimum Gasteiger partial charge on any atom is -0.393 e. The van der Waals surface area contributed by atoms with Gasteiger partial charge in [-0.3, -0.25) is 4.79 Å². The summed E-state index contributed by atoms with van der Waals surface area (Å²) in [5.74, 6) is 3.96. The number of fused-ring (bicyclic) bond motifs is 5. The Hall–Kier alpha value is -0.410. The van der Waals surface area contributed by atoms with Gasteiger partial charge in [-0.2, -0.15) is 0 Å². The number of Topliss-reactive ketones (excluding diaryl/α,β-unsaturated/α-hetero) is 1. The molecule has 5 aliphatic carbocycles. The number of ketones is 1. The number of carbonyl (C=O) groups is 1. The second-order valence-electron chi connectivity index (χ2n) is 10.7. The molecule has 25 heavy (non-hydrogen) atoms. The Morgan fingerprint density at radius 2 is 1.92 bits per heavy atom. The van der Waals surface area contributed by atoms with Crippen LogP contribution in [0.2, 0.25) is 0 Å². The predicted molar refractivity (Wildman–Crippen MR) is 93.8 cm³/mol. The van der Waals surface area contributed by atoms with Gasteiger partial charge in [0.2, 0.25) is 0 Å². The van der Waals surface area contributed by atoms with Gasteiger partial charge in [-0.15, -0.1) is 0 Å². The van der Waals surface area contributed by atoms with Crippen LogP contribution >= 0.6 is 0 Å². The van der Waals surface area contributed by atoms with Crippen molar-refractivity contribution in [3.63, 3.8) is 0 Å². The van der Waals surface area contributed by atoms with Crippen molar-refractivity contribution in [3.8, 4) is 0 Å². The van der Waals surface area contributed by atoms with Crippen molar-refractivity contribution in [2.45, 2.75) is 89.4 Å². The van der Waals surface area contributed by atoms with Crippen LogP contribution < -0.4 is 0 Å². The lowest BCUT2D eigenvalue weighted by atomic mass is 9.43. The molecular formula is C22H32O3. The third-order valence-electron chi connectivity index (χ3n) is 10.1. The molecule has 3 unspecified atom stereocenters. The van der Waals surface area contributed by atoms with Crippen LogP contribution in [0.1, 0.15) is 71.1 Å². The van der Waals surface area contributed by atoms with E-state index in [-0.39, 0.29) is 18.3 Å². The average Bonchev–Trinajstić information content (AvgIpc) is 3.25. The summed E-state index contributed by atoms with van der Waals surface area (Å²) in [6.45, 7) is 2.55. The fraction of sp³-hybridized carbons (Fsp3) is 0.955. The SMILES string of the molecule is C[C@]12CC[C@@H](O)C[C@@H]1CCC1C3CC[C@@H]4C(=O)[C@@H]5O[C@@H]5C[C@]34CCC12. The summed E-state index contributed by atoms with van der Waals surface area (Å²) in [6.07, 6.45) is 12.3. The van der Waals surface area contributed by atoms with Gasteiger partial charge in [-0.1, -0.05) is 6.92 Å². The summed E-state index contributed by atoms with van der Waals surface area (Å²) in [5.41, 5.74) is 0.742. The summed E-state index contributed by atoms with van der Waals surface area (Å²) >= 11 is 0. The minimum atomic E-state index is -0.0552. The van der Waals surface area contributed by atoms with Gasteiger partial charge >= 0.3 is 0 Å². The van der Waals surface area contributed by atoms with E-state index in [1.54, 1.807) is 0 Å². The maximum absolute atomic E-state index is 12.8. The third kappa shape index (κ3) is 1.87. The number of hydrogen-bond donors (Lipinski definition) is 1. The molecule has 0 radical (unpaired) electrons. The summed E-state index contributed by atoms with van der Waals surface area (Å²) < 4.78 is 5.75. The van der Waals surface area contributed by atoms with Crippen LogP contribution in [-0.4, -0.2) is 29.2 Å². The molecule has 0 bridgehead atoms. The zero-order valence-corrected chi connectivity index (χ0v) is 15.5. The fourth-order valence-corrected chi connectivity index (χ4v) is 8.99. The standard InChI is InChI=1S/C22H32O3/c1-21-8-6-13(23)10-12(21)2-3-14-15(21)7-9-22-11-18-20(25-18)19(24)17(22)5-4-16(14)22/h12-18,20,23H,2-11H2,1H3/t12-,13+,14?,15?,16?,17+,18+,20+,21-,22+/m0/s1. The van der Waals surface area contributed by atoms with Crippen LogP contribution in [0, 0.1) is 40.4 Å². The normalized spacial score (nSPS) is 62.2. The van der Waals surface area contributed by atoms with Gasteiger partial charge in [0.15, 0.2) is 5.78 Å². The Morgan fingerprint density at radius 3 is 2.80 bits per heavy atom. The van der Waals surface area contributed by atoms with E-state index in [1.165, 1.54) is 44.9 Å². The van der Waals surface area contributed by atoms with Crippen molar-refractivity contribution < 1.29 is 14.6 Å². The lowest BCUT2D eigenvalue weighted by Crippen LogP contribution is -2.56. The maximum Gasteiger partial charge on any atom is 0.167 e. The van der Waals surface area contributed by atoms with Gasteiger partial charge in [-0.25, -0.2) is 0 Å². The van der Waals surface area contributed by atoms with Crippen molar-refractivity contribution in [1.82, 2.24) is 0 Å². The highest BCUT2D eigenvalue weighted by Crippen LogP contribution is 2.70. The summed E-state index contributed by atoms with van der Waals surface area (Å²) in [6, 6.07) is 0. The van der Waals surface area contributed by atoms with E-state index in [0.29, 0.717) is 22.5 Å². The van der Waals surface area contributed by atoms with Crippen molar-refractivity contribution in [2.24, 2.45) is 40.4 Å². The van der Waals surface area contributed by atoms with E-state index in [9.17, 15) is 9.90 Å². The molecule has 0 aromatic carbocycles. The number of ether oxygens (including phenoxy) is 1. The summed E-state index contributed by atoms with van der Waals surface area (Å²) in [7, 11) is 0. The van der Waals surface area contributed by atoms with Crippen LogP contribution in [-0.2, 0) is 9.53 Å². The molecule has 3 nitrogen and oxygen atoms in total. The molecule has 3 heteroatoms. The second kappa shape index (κ2) is 4.90. The van der Waals surface area contributed by atoms with Crippen molar-refractivity contribution in [3.05, 3.63) is 0 Å². The number of aliphatic hydroxyl groups excluding tert-OH is 1. The monoisotopic (exact) mass is 344 g/mol. The van der Waals surface area contributed by atoms with Gasteiger partial charge in [-0.05, 0) is 98.7 Å². The van der Waals surface area contributed by atoms with Crippen LogP contribution in [0.15, 0.2) is 0 Å². The van der Waals surface area contributed by atoms with E-state index >= 15 is 0 Å². The fourth-order valence-electron chi connectivity index (χ4n) is 8.99. The van der Waals surface area contributed by atoms with Gasteiger partial charge in [0.25, 0.3) is 0 Å². The molecule has 10 atom stereocenters. The Labute approximate surface area is 150 Å². The molecule has 1 N–H and O–H groups in total. The van der Waals surface area contributed by atoms with Crippen LogP contribution in [0.5, 0.6) is 0 Å². The van der Waals surface area contributed by atoms with Gasteiger partial charge < -0.3 is 9.84 Å². The predicted octanol–water partition coefficient (Wildman–Crippen LogP) is 3.73. The van der Waals surface area contributed by atoms with Gasteiger partial charge in [0.05, 0.1) is 12.2 Å². The first-order valence-electron chi connectivity index (χ1n) is 10.9. The maximum atomic E-state index is 12.8. The Bertz CT molecular complexity index is 616. The molecule has 138 valence electrons. The highest BCUT2D eigenvalue weighted by atomic mass is 16.6. The first-order valence-corrected chi connectivity index (χ1v) is 10.9. The average molecular weight is 344 g/mol. The molecule has 6 fully saturated rings. The second-order valence-corrected chi connectivity index (χ2v) is 10.7. The van der Waals surface area contributed by atoms with E-state index in [2.05, 4.69) is 6.92 Å². The molecule has 1 heterocycles. The molecule has 6 rings (SSSR count). The number of rotatable bonds is 0. The summed E-state index contributed by atoms with van der Waals surface area (Å²) in [5, 5.41) is 10.2. The topological polar surface area (TPSA) is 49.8 Å². The van der Waals surface area contributed by atoms with Crippen molar-refractivity contribution >= 4 is 5.78 Å². The van der Waals surface area contributed by atoms with Crippen LogP contribution in [0.25, 0.3) is 0 Å². The molecule has 0 amide bonds. The molecule has 1 spiro atoms. The molecular weight excluding hydrogens is 312 g/mol.